The molecular weight excluding hydrogens is 312 g/mol. The number of ether oxygens (including phenoxy) is 1. The number of urea groups is 1. The van der Waals surface area contributed by atoms with Crippen LogP contribution in [0.15, 0.2) is 28.7 Å². The van der Waals surface area contributed by atoms with Crippen molar-refractivity contribution in [2.75, 3.05) is 19.7 Å². The highest BCUT2D eigenvalue weighted by atomic mass is 79.9. The first-order valence-corrected chi connectivity index (χ1v) is 6.83. The lowest BCUT2D eigenvalue weighted by molar-refractivity contribution is -0.141. The van der Waals surface area contributed by atoms with Crippen molar-refractivity contribution in [1.29, 1.82) is 0 Å². The van der Waals surface area contributed by atoms with Crippen LogP contribution in [0.25, 0.3) is 0 Å². The number of carbonyl (C=O) groups is 2. The molecule has 1 aromatic carbocycles. The largest absolute Gasteiger partial charge is 0.465 e. The Labute approximate surface area is 120 Å². The lowest BCUT2D eigenvalue weighted by atomic mass is 10.1. The second kappa shape index (κ2) is 8.53. The molecule has 0 unspecified atom stereocenters. The van der Waals surface area contributed by atoms with Gasteiger partial charge in [0.25, 0.3) is 0 Å². The molecule has 0 saturated heterocycles. The van der Waals surface area contributed by atoms with Crippen LogP contribution in [0.3, 0.4) is 0 Å². The van der Waals surface area contributed by atoms with Crippen molar-refractivity contribution < 1.29 is 14.3 Å². The van der Waals surface area contributed by atoms with Crippen LogP contribution < -0.4 is 10.6 Å². The van der Waals surface area contributed by atoms with Crippen LogP contribution in [0, 0.1) is 0 Å². The molecule has 0 aliphatic carbocycles. The smallest absolute Gasteiger partial charge is 0.325 e. The minimum atomic E-state index is -0.439. The van der Waals surface area contributed by atoms with Crippen LogP contribution in [0.5, 0.6) is 0 Å². The Morgan fingerprint density at radius 1 is 1.21 bits per heavy atom. The summed E-state index contributed by atoms with van der Waals surface area (Å²) in [6, 6.07) is 7.52. The van der Waals surface area contributed by atoms with Gasteiger partial charge in [-0.05, 0) is 31.0 Å². The Balaban J connectivity index is 2.16. The Hall–Kier alpha value is -1.56. The maximum absolute atomic E-state index is 11.4. The molecule has 1 aromatic rings. The van der Waals surface area contributed by atoms with E-state index in [2.05, 4.69) is 26.6 Å². The summed E-state index contributed by atoms with van der Waals surface area (Å²) in [6.45, 7) is 2.43. The van der Waals surface area contributed by atoms with Crippen LogP contribution in [0.4, 0.5) is 4.79 Å². The number of nitrogens with one attached hydrogen (secondary N) is 2. The van der Waals surface area contributed by atoms with E-state index in [9.17, 15) is 9.59 Å². The van der Waals surface area contributed by atoms with Gasteiger partial charge in [0.2, 0.25) is 0 Å². The number of halogens is 1. The monoisotopic (exact) mass is 328 g/mol. The van der Waals surface area contributed by atoms with Gasteiger partial charge in [0.1, 0.15) is 6.54 Å². The fourth-order valence-electron chi connectivity index (χ4n) is 1.40. The highest BCUT2D eigenvalue weighted by molar-refractivity contribution is 9.10. The third-order valence-corrected chi connectivity index (χ3v) is 2.84. The molecule has 2 amide bonds. The van der Waals surface area contributed by atoms with Gasteiger partial charge in [0, 0.05) is 11.0 Å². The van der Waals surface area contributed by atoms with Gasteiger partial charge in [-0.1, -0.05) is 28.1 Å². The van der Waals surface area contributed by atoms with Crippen LogP contribution >= 0.6 is 15.9 Å². The minimum Gasteiger partial charge on any atom is -0.465 e. The molecule has 0 aromatic heterocycles. The third kappa shape index (κ3) is 6.81. The average Bonchev–Trinajstić information content (AvgIpc) is 2.39. The SMILES string of the molecule is CCOC(=O)CNC(=O)NCCc1ccc(Br)cc1. The second-order valence-corrected chi connectivity index (χ2v) is 4.71. The molecule has 0 aliphatic heterocycles. The Morgan fingerprint density at radius 2 is 1.89 bits per heavy atom. The number of benzene rings is 1. The lowest BCUT2D eigenvalue weighted by Crippen LogP contribution is -2.39. The van der Waals surface area contributed by atoms with Gasteiger partial charge in [0.15, 0.2) is 0 Å². The molecule has 0 radical (unpaired) electrons. The number of rotatable bonds is 6. The molecule has 2 N–H and O–H groups in total. The normalized spacial score (nSPS) is 9.79. The predicted octanol–water partition coefficient (Wildman–Crippen LogP) is 1.85. The first-order chi connectivity index (χ1) is 9.11. The van der Waals surface area contributed by atoms with Gasteiger partial charge in [-0.2, -0.15) is 0 Å². The van der Waals surface area contributed by atoms with E-state index in [0.29, 0.717) is 13.2 Å². The number of hydrogen-bond donors (Lipinski definition) is 2. The van der Waals surface area contributed by atoms with Crippen molar-refractivity contribution in [1.82, 2.24) is 10.6 Å². The van der Waals surface area contributed by atoms with Crippen molar-refractivity contribution in [3.05, 3.63) is 34.3 Å². The number of hydrogen-bond acceptors (Lipinski definition) is 3. The molecule has 19 heavy (non-hydrogen) atoms. The first-order valence-electron chi connectivity index (χ1n) is 6.03. The summed E-state index contributed by atoms with van der Waals surface area (Å²) in [6.07, 6.45) is 0.736. The zero-order chi connectivity index (χ0) is 14.1. The third-order valence-electron chi connectivity index (χ3n) is 2.31. The van der Waals surface area contributed by atoms with Crippen LogP contribution in [0.2, 0.25) is 0 Å². The van der Waals surface area contributed by atoms with Gasteiger partial charge in [0.05, 0.1) is 6.61 Å². The predicted molar refractivity (Wildman–Crippen MR) is 75.9 cm³/mol. The molecular formula is C13H17BrN2O3. The molecule has 0 spiro atoms. The Morgan fingerprint density at radius 3 is 2.53 bits per heavy atom. The number of amides is 2. The molecule has 104 valence electrons. The summed E-state index contributed by atoms with van der Waals surface area (Å²) in [4.78, 5) is 22.4. The van der Waals surface area contributed by atoms with Crippen molar-refractivity contribution in [2.24, 2.45) is 0 Å². The summed E-state index contributed by atoms with van der Waals surface area (Å²) in [7, 11) is 0. The zero-order valence-electron chi connectivity index (χ0n) is 10.7. The van der Waals surface area contributed by atoms with E-state index >= 15 is 0 Å². The Bertz CT molecular complexity index is 420. The topological polar surface area (TPSA) is 67.4 Å². The fourth-order valence-corrected chi connectivity index (χ4v) is 1.66. The van der Waals surface area contributed by atoms with Crippen molar-refractivity contribution in [2.45, 2.75) is 13.3 Å². The average molecular weight is 329 g/mol. The van der Waals surface area contributed by atoms with E-state index in [1.54, 1.807) is 6.92 Å². The van der Waals surface area contributed by atoms with E-state index in [0.717, 1.165) is 16.5 Å². The summed E-state index contributed by atoms with van der Waals surface area (Å²) < 4.78 is 5.72. The quantitative estimate of drug-likeness (QED) is 0.783. The van der Waals surface area contributed by atoms with Crippen molar-refractivity contribution >= 4 is 27.9 Å². The number of carbonyl (C=O) groups excluding carboxylic acids is 2. The summed E-state index contributed by atoms with van der Waals surface area (Å²) in [5, 5.41) is 5.10. The van der Waals surface area contributed by atoms with Gasteiger partial charge in [-0.25, -0.2) is 4.79 Å². The van der Waals surface area contributed by atoms with Gasteiger partial charge in [-0.15, -0.1) is 0 Å². The summed E-state index contributed by atoms with van der Waals surface area (Å²) >= 11 is 3.36. The standard InChI is InChI=1S/C13H17BrN2O3/c1-2-19-12(17)9-16-13(18)15-8-7-10-3-5-11(14)6-4-10/h3-6H,2,7-9H2,1H3,(H2,15,16,18). The second-order valence-electron chi connectivity index (χ2n) is 3.79. The first kappa shape index (κ1) is 15.5. The molecule has 0 bridgehead atoms. The maximum Gasteiger partial charge on any atom is 0.325 e. The molecule has 5 nitrogen and oxygen atoms in total. The van der Waals surface area contributed by atoms with Crippen molar-refractivity contribution in [3.8, 4) is 0 Å². The van der Waals surface area contributed by atoms with E-state index in [1.807, 2.05) is 24.3 Å². The molecule has 0 aliphatic rings. The van der Waals surface area contributed by atoms with Crippen LogP contribution in [-0.4, -0.2) is 31.7 Å². The minimum absolute atomic E-state index is 0.113. The van der Waals surface area contributed by atoms with E-state index in [-0.39, 0.29) is 12.6 Å². The Kier molecular flexibility index (Phi) is 6.95. The number of esters is 1. The fraction of sp³-hybridized carbons (Fsp3) is 0.385. The molecule has 0 fully saturated rings. The summed E-state index contributed by atoms with van der Waals surface area (Å²) in [5.41, 5.74) is 1.13. The van der Waals surface area contributed by atoms with E-state index in [1.165, 1.54) is 0 Å². The molecule has 6 heteroatoms. The van der Waals surface area contributed by atoms with E-state index in [4.69, 9.17) is 4.74 Å². The van der Waals surface area contributed by atoms with Crippen LogP contribution in [-0.2, 0) is 16.0 Å². The summed E-state index contributed by atoms with van der Waals surface area (Å²) in [5.74, 6) is -0.439. The maximum atomic E-state index is 11.4. The molecule has 0 atom stereocenters. The molecule has 0 heterocycles. The zero-order valence-corrected chi connectivity index (χ0v) is 12.3. The van der Waals surface area contributed by atoms with Crippen molar-refractivity contribution in [3.63, 3.8) is 0 Å². The molecule has 1 rings (SSSR count). The molecule has 0 saturated carbocycles. The highest BCUT2D eigenvalue weighted by Gasteiger charge is 2.04. The van der Waals surface area contributed by atoms with E-state index < -0.39 is 5.97 Å². The van der Waals surface area contributed by atoms with Gasteiger partial charge in [-0.3, -0.25) is 4.79 Å². The lowest BCUT2D eigenvalue weighted by Gasteiger charge is -2.07. The van der Waals surface area contributed by atoms with Gasteiger partial charge >= 0.3 is 12.0 Å². The highest BCUT2D eigenvalue weighted by Crippen LogP contribution is 2.10. The van der Waals surface area contributed by atoms with Crippen LogP contribution in [0.1, 0.15) is 12.5 Å². The van der Waals surface area contributed by atoms with Gasteiger partial charge < -0.3 is 15.4 Å².